The number of aromatic carboxylic acids is 1. The molecule has 6 heteroatoms. The van der Waals surface area contributed by atoms with Gasteiger partial charge in [-0.25, -0.2) is 9.59 Å². The third-order valence-electron chi connectivity index (χ3n) is 5.25. The van der Waals surface area contributed by atoms with Crippen molar-refractivity contribution >= 4 is 34.1 Å². The van der Waals surface area contributed by atoms with Crippen LogP contribution in [0.2, 0.25) is 0 Å². The molecule has 0 atom stereocenters. The van der Waals surface area contributed by atoms with Gasteiger partial charge in [0.25, 0.3) is 0 Å². The van der Waals surface area contributed by atoms with Crippen molar-refractivity contribution < 1.29 is 19.4 Å². The second kappa shape index (κ2) is 9.18. The van der Waals surface area contributed by atoms with Crippen molar-refractivity contribution in [2.75, 3.05) is 13.2 Å². The SMILES string of the molecule is O=C(NCC=Cc1ccc(C(=O)O)cc1Br)OCC1c2ccccc2-c2ccccc21. The van der Waals surface area contributed by atoms with Crippen molar-refractivity contribution in [1.82, 2.24) is 5.32 Å². The minimum atomic E-state index is -0.979. The summed E-state index contributed by atoms with van der Waals surface area (Å²) in [6.07, 6.45) is 3.10. The Morgan fingerprint density at radius 3 is 2.26 bits per heavy atom. The van der Waals surface area contributed by atoms with Crippen LogP contribution < -0.4 is 5.32 Å². The van der Waals surface area contributed by atoms with Crippen LogP contribution in [0.25, 0.3) is 17.2 Å². The summed E-state index contributed by atoms with van der Waals surface area (Å²) in [5.41, 5.74) is 5.75. The van der Waals surface area contributed by atoms with Crippen LogP contribution in [-0.2, 0) is 4.74 Å². The number of hydrogen-bond donors (Lipinski definition) is 2. The van der Waals surface area contributed by atoms with Crippen molar-refractivity contribution in [3.05, 3.63) is 99.5 Å². The molecule has 3 aromatic carbocycles. The predicted octanol–water partition coefficient (Wildman–Crippen LogP) is 5.70. The smallest absolute Gasteiger partial charge is 0.407 e. The Labute approximate surface area is 188 Å². The zero-order valence-electron chi connectivity index (χ0n) is 16.5. The molecule has 0 saturated carbocycles. The van der Waals surface area contributed by atoms with E-state index in [1.807, 2.05) is 24.3 Å². The van der Waals surface area contributed by atoms with Crippen molar-refractivity contribution in [2.24, 2.45) is 0 Å². The van der Waals surface area contributed by atoms with Gasteiger partial charge >= 0.3 is 12.1 Å². The van der Waals surface area contributed by atoms with E-state index < -0.39 is 12.1 Å². The molecule has 0 saturated heterocycles. The van der Waals surface area contributed by atoms with E-state index in [9.17, 15) is 9.59 Å². The molecular formula is C25H20BrNO4. The third-order valence-corrected chi connectivity index (χ3v) is 5.94. The summed E-state index contributed by atoms with van der Waals surface area (Å²) in [5.74, 6) is -0.953. The topological polar surface area (TPSA) is 75.6 Å². The molecule has 0 unspecified atom stereocenters. The lowest BCUT2D eigenvalue weighted by molar-refractivity contribution is 0.0696. The summed E-state index contributed by atoms with van der Waals surface area (Å²) in [6.45, 7) is 0.565. The highest BCUT2D eigenvalue weighted by Crippen LogP contribution is 2.44. The van der Waals surface area contributed by atoms with Gasteiger partial charge in [-0.05, 0) is 39.9 Å². The Kier molecular flexibility index (Phi) is 6.18. The van der Waals surface area contributed by atoms with Gasteiger partial charge in [-0.1, -0.05) is 82.7 Å². The molecule has 0 heterocycles. The monoisotopic (exact) mass is 477 g/mol. The van der Waals surface area contributed by atoms with E-state index >= 15 is 0 Å². The molecule has 1 aliphatic carbocycles. The molecule has 4 rings (SSSR count). The first-order chi connectivity index (χ1) is 15.0. The number of alkyl carbamates (subject to hydrolysis) is 1. The number of carbonyl (C=O) groups excluding carboxylic acids is 1. The van der Waals surface area contributed by atoms with Crippen molar-refractivity contribution in [1.29, 1.82) is 0 Å². The van der Waals surface area contributed by atoms with Crippen LogP contribution in [0, 0.1) is 0 Å². The fourth-order valence-corrected chi connectivity index (χ4v) is 4.28. The average molecular weight is 478 g/mol. The first-order valence-corrected chi connectivity index (χ1v) is 10.6. The summed E-state index contributed by atoms with van der Waals surface area (Å²) < 4.78 is 6.17. The summed E-state index contributed by atoms with van der Waals surface area (Å²) in [7, 11) is 0. The van der Waals surface area contributed by atoms with Gasteiger partial charge in [0.15, 0.2) is 0 Å². The van der Waals surface area contributed by atoms with E-state index in [1.165, 1.54) is 28.3 Å². The lowest BCUT2D eigenvalue weighted by Gasteiger charge is -2.14. The fraction of sp³-hybridized carbons (Fsp3) is 0.120. The zero-order chi connectivity index (χ0) is 21.8. The molecule has 156 valence electrons. The number of amides is 1. The van der Waals surface area contributed by atoms with Crippen LogP contribution in [0.5, 0.6) is 0 Å². The van der Waals surface area contributed by atoms with E-state index in [4.69, 9.17) is 9.84 Å². The Bertz CT molecular complexity index is 1130. The highest BCUT2D eigenvalue weighted by Gasteiger charge is 2.28. The van der Waals surface area contributed by atoms with Gasteiger partial charge in [0.2, 0.25) is 0 Å². The Hall–Kier alpha value is -3.38. The minimum Gasteiger partial charge on any atom is -0.478 e. The molecule has 1 aliphatic rings. The molecule has 0 spiro atoms. The first kappa shape index (κ1) is 20.9. The largest absolute Gasteiger partial charge is 0.478 e. The second-order valence-electron chi connectivity index (χ2n) is 7.15. The van der Waals surface area contributed by atoms with Crippen LogP contribution in [0.3, 0.4) is 0 Å². The maximum absolute atomic E-state index is 12.2. The number of fused-ring (bicyclic) bond motifs is 3. The summed E-state index contributed by atoms with van der Waals surface area (Å²) in [5, 5.41) is 11.7. The van der Waals surface area contributed by atoms with Crippen LogP contribution in [-0.4, -0.2) is 30.3 Å². The van der Waals surface area contributed by atoms with Crippen LogP contribution in [0.1, 0.15) is 33.0 Å². The molecule has 31 heavy (non-hydrogen) atoms. The number of carboxylic acid groups (broad SMARTS) is 1. The highest BCUT2D eigenvalue weighted by molar-refractivity contribution is 9.10. The van der Waals surface area contributed by atoms with Crippen LogP contribution in [0.4, 0.5) is 4.79 Å². The number of carbonyl (C=O) groups is 2. The summed E-state index contributed by atoms with van der Waals surface area (Å²) >= 11 is 3.36. The van der Waals surface area contributed by atoms with Gasteiger partial charge in [-0.3, -0.25) is 0 Å². The third kappa shape index (κ3) is 4.54. The highest BCUT2D eigenvalue weighted by atomic mass is 79.9. The number of hydrogen-bond acceptors (Lipinski definition) is 3. The normalized spacial score (nSPS) is 12.4. The van der Waals surface area contributed by atoms with Crippen LogP contribution >= 0.6 is 15.9 Å². The summed E-state index contributed by atoms with van der Waals surface area (Å²) in [6, 6.07) is 21.2. The molecule has 0 aromatic heterocycles. The maximum Gasteiger partial charge on any atom is 0.407 e. The predicted molar refractivity (Wildman–Crippen MR) is 123 cm³/mol. The number of ether oxygens (including phenoxy) is 1. The Morgan fingerprint density at radius 1 is 1.00 bits per heavy atom. The van der Waals surface area contributed by atoms with Gasteiger partial charge in [0, 0.05) is 16.9 Å². The van der Waals surface area contributed by atoms with E-state index in [2.05, 4.69) is 45.5 Å². The Balaban J connectivity index is 1.32. The van der Waals surface area contributed by atoms with Crippen LogP contribution in [0.15, 0.2) is 77.3 Å². The van der Waals surface area contributed by atoms with Crippen molar-refractivity contribution in [2.45, 2.75) is 5.92 Å². The lowest BCUT2D eigenvalue weighted by atomic mass is 9.98. The number of halogens is 1. The zero-order valence-corrected chi connectivity index (χ0v) is 18.1. The molecular weight excluding hydrogens is 458 g/mol. The molecule has 0 fully saturated rings. The van der Waals surface area contributed by atoms with E-state index in [0.29, 0.717) is 11.0 Å². The van der Waals surface area contributed by atoms with E-state index in [0.717, 1.165) is 5.56 Å². The number of rotatable bonds is 6. The molecule has 0 radical (unpaired) electrons. The number of benzene rings is 3. The van der Waals surface area contributed by atoms with Gasteiger partial charge in [-0.2, -0.15) is 0 Å². The first-order valence-electron chi connectivity index (χ1n) is 9.83. The minimum absolute atomic E-state index is 0.0254. The van der Waals surface area contributed by atoms with Gasteiger partial charge in [-0.15, -0.1) is 0 Å². The molecule has 1 amide bonds. The average Bonchev–Trinajstić information content (AvgIpc) is 3.10. The summed E-state index contributed by atoms with van der Waals surface area (Å²) in [4.78, 5) is 23.2. The quantitative estimate of drug-likeness (QED) is 0.477. The van der Waals surface area contributed by atoms with Crippen molar-refractivity contribution in [3.8, 4) is 11.1 Å². The maximum atomic E-state index is 12.2. The Morgan fingerprint density at radius 2 is 1.65 bits per heavy atom. The lowest BCUT2D eigenvalue weighted by Crippen LogP contribution is -2.26. The van der Waals surface area contributed by atoms with Crippen molar-refractivity contribution in [3.63, 3.8) is 0 Å². The van der Waals surface area contributed by atoms with E-state index in [-0.39, 0.29) is 18.1 Å². The molecule has 0 bridgehead atoms. The molecule has 0 aliphatic heterocycles. The van der Waals surface area contributed by atoms with Gasteiger partial charge in [0.05, 0.1) is 5.56 Å². The fourth-order valence-electron chi connectivity index (χ4n) is 3.77. The van der Waals surface area contributed by atoms with Gasteiger partial charge < -0.3 is 15.2 Å². The molecule has 3 aromatic rings. The standard InChI is InChI=1S/C25H20BrNO4/c26-23-14-17(24(28)29)12-11-16(23)6-5-13-27-25(30)31-15-22-20-9-3-1-7-18(20)19-8-2-4-10-21(19)22/h1-12,14,22H,13,15H2,(H,27,30)(H,28,29). The second-order valence-corrected chi connectivity index (χ2v) is 8.00. The van der Waals surface area contributed by atoms with E-state index in [1.54, 1.807) is 24.3 Å². The number of nitrogens with one attached hydrogen (secondary N) is 1. The number of carboxylic acids is 1. The molecule has 2 N–H and O–H groups in total. The molecule has 5 nitrogen and oxygen atoms in total. The van der Waals surface area contributed by atoms with Gasteiger partial charge in [0.1, 0.15) is 6.61 Å².